The predicted octanol–water partition coefficient (Wildman–Crippen LogP) is 4.03. The van der Waals surface area contributed by atoms with Crippen molar-refractivity contribution >= 4 is 18.3 Å². The van der Waals surface area contributed by atoms with Gasteiger partial charge in [0, 0.05) is 0 Å². The van der Waals surface area contributed by atoms with Crippen molar-refractivity contribution in [3.05, 3.63) is 66.2 Å². The first kappa shape index (κ1) is 14.5. The molecule has 3 aliphatic rings. The number of nitrogens with zero attached hydrogens (tertiary/aromatic N) is 3. The molecule has 1 saturated heterocycles. The number of benzene rings is 2. The third kappa shape index (κ3) is 1.38. The Morgan fingerprint density at radius 3 is 2.29 bits per heavy atom. The number of anilines is 1. The van der Waals surface area contributed by atoms with Crippen LogP contribution >= 0.6 is 7.28 Å². The Bertz CT molecular complexity index is 841. The van der Waals surface area contributed by atoms with E-state index in [0.717, 1.165) is 25.4 Å². The molecule has 0 saturated carbocycles. The Morgan fingerprint density at radius 1 is 0.875 bits per heavy atom. The molecule has 0 aromatic heterocycles. The second-order valence-corrected chi connectivity index (χ2v) is 11.1. The number of hydrogen-bond donors (Lipinski definition) is 0. The summed E-state index contributed by atoms with van der Waals surface area (Å²) in [7, 11) is 1.44. The van der Waals surface area contributed by atoms with Gasteiger partial charge in [-0.2, -0.15) is 0 Å². The molecule has 4 nitrogen and oxygen atoms in total. The first-order valence-corrected chi connectivity index (χ1v) is 10.5. The van der Waals surface area contributed by atoms with E-state index in [1.54, 1.807) is 0 Å². The van der Waals surface area contributed by atoms with Crippen molar-refractivity contribution in [1.82, 2.24) is 9.34 Å². The molecule has 0 atom stereocenters. The van der Waals surface area contributed by atoms with E-state index in [-0.39, 0.29) is 0 Å². The number of likely N-dealkylation sites (N-methyl/N-ethyl adjacent to an activating group) is 2. The van der Waals surface area contributed by atoms with Crippen LogP contribution in [0.15, 0.2) is 60.7 Å². The third-order valence-electron chi connectivity index (χ3n) is 5.77. The number of rotatable bonds is 1. The predicted molar refractivity (Wildman–Crippen MR) is 101 cm³/mol. The molecule has 5 heteroatoms. The van der Waals surface area contributed by atoms with Crippen LogP contribution in [0.3, 0.4) is 0 Å². The van der Waals surface area contributed by atoms with Crippen LogP contribution in [0.4, 0.5) is 5.69 Å². The molecule has 5 rings (SSSR count). The summed E-state index contributed by atoms with van der Waals surface area (Å²) < 4.78 is 14.5. The van der Waals surface area contributed by atoms with Crippen LogP contribution in [0.25, 0.3) is 5.31 Å². The van der Waals surface area contributed by atoms with Gasteiger partial charge in [0.25, 0.3) is 0 Å². The summed E-state index contributed by atoms with van der Waals surface area (Å²) >= 11 is 0. The Labute approximate surface area is 143 Å². The zero-order valence-corrected chi connectivity index (χ0v) is 15.0. The van der Waals surface area contributed by atoms with Crippen LogP contribution < -0.4 is 9.19 Å². The van der Waals surface area contributed by atoms with Crippen molar-refractivity contribution < 1.29 is 4.52 Å². The molecule has 1 fully saturated rings. The van der Waals surface area contributed by atoms with Crippen LogP contribution in [-0.4, -0.2) is 43.1 Å². The minimum atomic E-state index is -3.01. The Balaban J connectivity index is 1.81. The monoisotopic (exact) mass is 339 g/mol. The van der Waals surface area contributed by atoms with Crippen molar-refractivity contribution in [3.63, 3.8) is 0 Å². The van der Waals surface area contributed by atoms with Gasteiger partial charge < -0.3 is 0 Å². The SMILES string of the molecule is CN1CCN(C)P123Oc1ccccc1N2CC=C3c1ccccc1. The topological polar surface area (TPSA) is 19.0 Å². The third-order valence-corrected chi connectivity index (χ3v) is 11.7. The van der Waals surface area contributed by atoms with Gasteiger partial charge in [-0.3, -0.25) is 0 Å². The van der Waals surface area contributed by atoms with Gasteiger partial charge in [0.15, 0.2) is 0 Å². The molecule has 3 heterocycles. The van der Waals surface area contributed by atoms with Crippen LogP contribution in [0, 0.1) is 0 Å². The van der Waals surface area contributed by atoms with E-state index in [4.69, 9.17) is 4.52 Å². The summed E-state index contributed by atoms with van der Waals surface area (Å²) in [6.07, 6.45) is 2.38. The summed E-state index contributed by atoms with van der Waals surface area (Å²) in [5.74, 6) is 1.01. The quantitative estimate of drug-likeness (QED) is 0.730. The molecule has 0 bridgehead atoms. The molecule has 124 valence electrons. The van der Waals surface area contributed by atoms with Crippen molar-refractivity contribution in [2.45, 2.75) is 0 Å². The van der Waals surface area contributed by atoms with Crippen LogP contribution in [-0.2, 0) is 0 Å². The van der Waals surface area contributed by atoms with Crippen molar-refractivity contribution in [3.8, 4) is 5.75 Å². The summed E-state index contributed by atoms with van der Waals surface area (Å²) in [5.41, 5.74) is 2.49. The molecular weight excluding hydrogens is 317 g/mol. The van der Waals surface area contributed by atoms with Gasteiger partial charge in [-0.1, -0.05) is 0 Å². The van der Waals surface area contributed by atoms with Gasteiger partial charge in [0.1, 0.15) is 0 Å². The average molecular weight is 339 g/mol. The molecule has 0 N–H and O–H groups in total. The van der Waals surface area contributed by atoms with E-state index in [1.807, 2.05) is 0 Å². The van der Waals surface area contributed by atoms with Crippen LogP contribution in [0.1, 0.15) is 5.56 Å². The van der Waals surface area contributed by atoms with E-state index in [2.05, 4.69) is 88.8 Å². The van der Waals surface area contributed by atoms with Gasteiger partial charge >= 0.3 is 143 Å². The number of hydrogen-bond acceptors (Lipinski definition) is 4. The molecule has 2 aromatic carbocycles. The minimum absolute atomic E-state index is 0.897. The summed E-state index contributed by atoms with van der Waals surface area (Å²) in [6.45, 7) is 2.93. The fourth-order valence-electron chi connectivity index (χ4n) is 4.67. The fraction of sp³-hybridized carbons (Fsp3) is 0.263. The molecule has 0 amide bonds. The molecule has 1 spiro atoms. The van der Waals surface area contributed by atoms with Gasteiger partial charge in [-0.15, -0.1) is 0 Å². The molecule has 3 aliphatic heterocycles. The summed E-state index contributed by atoms with van der Waals surface area (Å²) in [4.78, 5) is 0. The maximum atomic E-state index is 7.00. The molecule has 2 aromatic rings. The van der Waals surface area contributed by atoms with Crippen LogP contribution in [0.5, 0.6) is 5.75 Å². The van der Waals surface area contributed by atoms with Gasteiger partial charge in [-0.05, 0) is 0 Å². The van der Waals surface area contributed by atoms with Gasteiger partial charge in [0.2, 0.25) is 0 Å². The Hall–Kier alpha value is -1.87. The van der Waals surface area contributed by atoms with Crippen molar-refractivity contribution in [2.75, 3.05) is 38.4 Å². The van der Waals surface area contributed by atoms with Gasteiger partial charge in [0.05, 0.1) is 0 Å². The first-order chi connectivity index (χ1) is 11.7. The molecular formula is C19H22N3OP. The van der Waals surface area contributed by atoms with E-state index in [0.29, 0.717) is 0 Å². The van der Waals surface area contributed by atoms with Crippen molar-refractivity contribution in [1.29, 1.82) is 0 Å². The Kier molecular flexibility index (Phi) is 2.78. The van der Waals surface area contributed by atoms with Crippen molar-refractivity contribution in [2.24, 2.45) is 0 Å². The normalized spacial score (nSPS) is 25.7. The van der Waals surface area contributed by atoms with Crippen LogP contribution in [0.2, 0.25) is 0 Å². The maximum absolute atomic E-state index is 7.00. The van der Waals surface area contributed by atoms with E-state index >= 15 is 0 Å². The van der Waals surface area contributed by atoms with Gasteiger partial charge in [-0.25, -0.2) is 0 Å². The summed E-state index contributed by atoms with van der Waals surface area (Å²) in [5, 5.41) is 1.35. The second kappa shape index (κ2) is 4.60. The molecule has 0 unspecified atom stereocenters. The number of fused-ring (bicyclic) bond motifs is 2. The zero-order valence-electron chi connectivity index (χ0n) is 14.1. The second-order valence-electron chi connectivity index (χ2n) is 6.76. The van der Waals surface area contributed by atoms with E-state index < -0.39 is 7.28 Å². The zero-order chi connectivity index (χ0) is 16.4. The summed E-state index contributed by atoms with van der Waals surface area (Å²) in [6, 6.07) is 19.2. The molecule has 0 aliphatic carbocycles. The van der Waals surface area contributed by atoms with E-state index in [9.17, 15) is 0 Å². The average Bonchev–Trinajstić information content (AvgIpc) is 3.20. The molecule has 24 heavy (non-hydrogen) atoms. The number of para-hydroxylation sites is 2. The molecule has 0 radical (unpaired) electrons. The van der Waals surface area contributed by atoms with E-state index in [1.165, 1.54) is 16.6 Å². The Morgan fingerprint density at radius 2 is 1.54 bits per heavy atom. The standard InChI is InChI=1S/C19H22N3OP/c1-20-14-15-21(2)24(20)19(16-8-4-3-5-9-16)12-13-22(24)17-10-6-7-11-18(17)23-24/h3-12H,13-15H2,1-2H3. The first-order valence-electron chi connectivity index (χ1n) is 8.46. The fourth-order valence-corrected chi connectivity index (χ4v) is 10.7.